The molecule has 0 aliphatic heterocycles. The van der Waals surface area contributed by atoms with E-state index in [0.717, 1.165) is 36.5 Å². The number of halogens is 3. The first kappa shape index (κ1) is 19.0. The Morgan fingerprint density at radius 3 is 2.59 bits per heavy atom. The fourth-order valence-electron chi connectivity index (χ4n) is 2.83. The van der Waals surface area contributed by atoms with Crippen molar-refractivity contribution in [2.24, 2.45) is 0 Å². The summed E-state index contributed by atoms with van der Waals surface area (Å²) in [5.41, 5.74) is -2.79. The number of nitrogens with zero attached hydrogens (tertiary/aromatic N) is 1. The summed E-state index contributed by atoms with van der Waals surface area (Å²) in [6, 6.07) is 4.87. The molecular formula is C18H14F3N3O2S. The highest BCUT2D eigenvalue weighted by atomic mass is 32.1. The summed E-state index contributed by atoms with van der Waals surface area (Å²) >= 11 is 0.820. The predicted octanol–water partition coefficient (Wildman–Crippen LogP) is 3.73. The number of aromatic nitrogens is 1. The zero-order valence-electron chi connectivity index (χ0n) is 13.9. The molecule has 3 rings (SSSR count). The van der Waals surface area contributed by atoms with E-state index in [1.807, 2.05) is 0 Å². The van der Waals surface area contributed by atoms with E-state index in [0.29, 0.717) is 12.8 Å². The minimum atomic E-state index is -4.60. The van der Waals surface area contributed by atoms with E-state index < -0.39 is 22.9 Å². The average molecular weight is 393 g/mol. The van der Waals surface area contributed by atoms with Gasteiger partial charge < -0.3 is 10.4 Å². The summed E-state index contributed by atoms with van der Waals surface area (Å²) in [5, 5.41) is 22.1. The Morgan fingerprint density at radius 1 is 1.26 bits per heavy atom. The second-order valence-corrected chi connectivity index (χ2v) is 7.08. The normalized spacial score (nSPS) is 15.7. The van der Waals surface area contributed by atoms with Crippen LogP contribution in [-0.4, -0.2) is 15.1 Å². The molecule has 0 unspecified atom stereocenters. The second-order valence-electron chi connectivity index (χ2n) is 6.26. The van der Waals surface area contributed by atoms with Crippen molar-refractivity contribution in [3.8, 4) is 17.9 Å². The molecule has 1 aromatic heterocycles. The zero-order valence-corrected chi connectivity index (χ0v) is 14.7. The number of nitriles is 1. The van der Waals surface area contributed by atoms with Crippen LogP contribution >= 0.6 is 11.5 Å². The number of hydrogen-bond acceptors (Lipinski definition) is 5. The highest BCUT2D eigenvalue weighted by molar-refractivity contribution is 7.10. The molecule has 140 valence electrons. The molecule has 0 saturated heterocycles. The van der Waals surface area contributed by atoms with Crippen LogP contribution in [0.1, 0.15) is 42.4 Å². The fraction of sp³-hybridized carbons (Fsp3) is 0.333. The van der Waals surface area contributed by atoms with Crippen LogP contribution in [0.4, 0.5) is 23.9 Å². The summed E-state index contributed by atoms with van der Waals surface area (Å²) in [5.74, 6) is 5.30. The molecule has 0 amide bonds. The summed E-state index contributed by atoms with van der Waals surface area (Å²) in [6.07, 6.45) is -1.96. The Balaban J connectivity index is 2.00. The molecule has 0 radical (unpaired) electrons. The van der Waals surface area contributed by atoms with Crippen LogP contribution in [0.3, 0.4) is 0 Å². The van der Waals surface area contributed by atoms with Gasteiger partial charge in [0.2, 0.25) is 0 Å². The molecule has 5 nitrogen and oxygen atoms in total. The maximum atomic E-state index is 13.2. The number of alkyl halides is 3. The van der Waals surface area contributed by atoms with Crippen LogP contribution in [0.15, 0.2) is 23.0 Å². The van der Waals surface area contributed by atoms with E-state index in [9.17, 15) is 23.1 Å². The van der Waals surface area contributed by atoms with Gasteiger partial charge in [0.25, 0.3) is 5.56 Å². The van der Waals surface area contributed by atoms with Crippen molar-refractivity contribution in [3.63, 3.8) is 0 Å². The molecule has 0 bridgehead atoms. The van der Waals surface area contributed by atoms with E-state index in [1.165, 1.54) is 6.07 Å². The molecule has 27 heavy (non-hydrogen) atoms. The Kier molecular flexibility index (Phi) is 5.01. The number of anilines is 2. The lowest BCUT2D eigenvalue weighted by Gasteiger charge is -2.14. The lowest BCUT2D eigenvalue weighted by molar-refractivity contribution is -0.137. The smallest absolute Gasteiger partial charge is 0.378 e. The Morgan fingerprint density at radius 2 is 1.96 bits per heavy atom. The maximum absolute atomic E-state index is 13.2. The third-order valence-corrected chi connectivity index (χ3v) is 5.00. The molecule has 1 saturated carbocycles. The van der Waals surface area contributed by atoms with Crippen LogP contribution in [0, 0.1) is 23.2 Å². The fourth-order valence-corrected chi connectivity index (χ4v) is 3.54. The van der Waals surface area contributed by atoms with E-state index in [-0.39, 0.29) is 21.8 Å². The van der Waals surface area contributed by atoms with E-state index in [4.69, 9.17) is 5.26 Å². The van der Waals surface area contributed by atoms with E-state index in [2.05, 4.69) is 21.5 Å². The maximum Gasteiger partial charge on any atom is 0.416 e. The number of nitrogens with one attached hydrogen (secondary N) is 2. The zero-order chi connectivity index (χ0) is 19.7. The van der Waals surface area contributed by atoms with Crippen LogP contribution in [-0.2, 0) is 6.18 Å². The molecule has 3 N–H and O–H groups in total. The van der Waals surface area contributed by atoms with Crippen LogP contribution in [0.5, 0.6) is 0 Å². The van der Waals surface area contributed by atoms with Gasteiger partial charge >= 0.3 is 6.18 Å². The minimum Gasteiger partial charge on any atom is -0.378 e. The first-order valence-corrected chi connectivity index (χ1v) is 8.88. The van der Waals surface area contributed by atoms with Crippen LogP contribution in [0.25, 0.3) is 0 Å². The molecule has 1 aromatic carbocycles. The number of aliphatic hydroxyl groups is 1. The topological polar surface area (TPSA) is 88.9 Å². The van der Waals surface area contributed by atoms with Crippen molar-refractivity contribution in [2.45, 2.75) is 37.5 Å². The number of rotatable bonds is 2. The average Bonchev–Trinajstić information content (AvgIpc) is 3.18. The Bertz CT molecular complexity index is 1020. The quantitative estimate of drug-likeness (QED) is 0.679. The second kappa shape index (κ2) is 7.10. The number of H-pyrrole nitrogens is 1. The van der Waals surface area contributed by atoms with Crippen molar-refractivity contribution in [3.05, 3.63) is 45.2 Å². The molecule has 1 fully saturated rings. The van der Waals surface area contributed by atoms with Gasteiger partial charge in [-0.2, -0.15) is 18.4 Å². The number of benzene rings is 1. The van der Waals surface area contributed by atoms with Gasteiger partial charge in [0.05, 0.1) is 5.56 Å². The van der Waals surface area contributed by atoms with Gasteiger partial charge in [-0.1, -0.05) is 11.8 Å². The standard InChI is InChI=1S/C18H14F3N3O2S/c19-18(20,21)12-7-11(3-6-17(26)4-1-2-5-17)8-13(9-12)23-16-14(10-22)15(25)24-27-16/h7-9,23,26H,1-2,4-5H2,(H,24,25). The summed E-state index contributed by atoms with van der Waals surface area (Å²) < 4.78 is 42.0. The molecular weight excluding hydrogens is 379 g/mol. The monoisotopic (exact) mass is 393 g/mol. The van der Waals surface area contributed by atoms with Gasteiger partial charge in [-0.05, 0) is 55.4 Å². The largest absolute Gasteiger partial charge is 0.416 e. The number of aromatic amines is 1. The van der Waals surface area contributed by atoms with Gasteiger partial charge in [-0.25, -0.2) is 0 Å². The highest BCUT2D eigenvalue weighted by Crippen LogP contribution is 2.34. The van der Waals surface area contributed by atoms with Crippen molar-refractivity contribution < 1.29 is 18.3 Å². The third kappa shape index (κ3) is 4.33. The lowest BCUT2D eigenvalue weighted by Crippen LogP contribution is -2.20. The highest BCUT2D eigenvalue weighted by Gasteiger charge is 2.32. The molecule has 1 heterocycles. The van der Waals surface area contributed by atoms with Crippen LogP contribution in [0.2, 0.25) is 0 Å². The van der Waals surface area contributed by atoms with Gasteiger partial charge in [-0.15, -0.1) is 0 Å². The van der Waals surface area contributed by atoms with E-state index >= 15 is 0 Å². The molecule has 1 aliphatic carbocycles. The van der Waals surface area contributed by atoms with Gasteiger partial charge in [-0.3, -0.25) is 9.17 Å². The summed E-state index contributed by atoms with van der Waals surface area (Å²) in [6.45, 7) is 0. The van der Waals surface area contributed by atoms with Gasteiger partial charge in [0.1, 0.15) is 16.7 Å². The predicted molar refractivity (Wildman–Crippen MR) is 94.7 cm³/mol. The van der Waals surface area contributed by atoms with E-state index in [1.54, 1.807) is 6.07 Å². The Labute approximate surface area is 156 Å². The molecule has 2 aromatic rings. The van der Waals surface area contributed by atoms with Crippen LogP contribution < -0.4 is 10.9 Å². The molecule has 0 atom stereocenters. The van der Waals surface area contributed by atoms with Gasteiger partial charge in [0.15, 0.2) is 5.56 Å². The molecule has 9 heteroatoms. The first-order valence-electron chi connectivity index (χ1n) is 8.07. The first-order chi connectivity index (χ1) is 12.7. The van der Waals surface area contributed by atoms with Crippen molar-refractivity contribution in [1.82, 2.24) is 4.37 Å². The summed E-state index contributed by atoms with van der Waals surface area (Å²) in [7, 11) is 0. The van der Waals surface area contributed by atoms with Crippen molar-refractivity contribution >= 4 is 22.2 Å². The Hall–Kier alpha value is -2.75. The summed E-state index contributed by atoms with van der Waals surface area (Å²) in [4.78, 5) is 11.5. The van der Waals surface area contributed by atoms with Crippen molar-refractivity contribution in [2.75, 3.05) is 5.32 Å². The third-order valence-electron chi connectivity index (χ3n) is 4.20. The van der Waals surface area contributed by atoms with Crippen molar-refractivity contribution in [1.29, 1.82) is 5.26 Å². The molecule has 0 spiro atoms. The lowest BCUT2D eigenvalue weighted by atomic mass is 10.0. The number of hydrogen-bond donors (Lipinski definition) is 3. The van der Waals surface area contributed by atoms with Gasteiger partial charge in [0, 0.05) is 11.3 Å². The molecule has 1 aliphatic rings. The SMILES string of the molecule is N#Cc1c(Nc2cc(C#CC3(O)CCCC3)cc(C(F)(F)F)c2)s[nH]c1=O. The minimum absolute atomic E-state index is 0.0410.